The molecule has 0 spiro atoms. The van der Waals surface area contributed by atoms with E-state index < -0.39 is 61.2 Å². The van der Waals surface area contributed by atoms with Crippen molar-refractivity contribution < 1.29 is 44.7 Å². The van der Waals surface area contributed by atoms with Gasteiger partial charge in [-0.2, -0.15) is 0 Å². The molecule has 2 aliphatic rings. The fourth-order valence-corrected chi connectivity index (χ4v) is 4.90. The van der Waals surface area contributed by atoms with Crippen molar-refractivity contribution in [3.63, 3.8) is 0 Å². The molecule has 6 rings (SSSR count). The lowest BCUT2D eigenvalue weighted by Crippen LogP contribution is -2.46. The summed E-state index contributed by atoms with van der Waals surface area (Å²) in [5.41, 5.74) is 6.58. The van der Waals surface area contributed by atoms with E-state index in [1.54, 1.807) is 14.1 Å². The van der Waals surface area contributed by atoms with Crippen LogP contribution < -0.4 is 21.2 Å². The van der Waals surface area contributed by atoms with Gasteiger partial charge in [0.25, 0.3) is 11.5 Å². The van der Waals surface area contributed by atoms with E-state index in [1.807, 2.05) is 0 Å². The summed E-state index contributed by atoms with van der Waals surface area (Å²) in [6.45, 7) is -0.811. The number of nitrogens with one attached hydrogen (secondary N) is 2. The Bertz CT molecular complexity index is 1590. The van der Waals surface area contributed by atoms with Gasteiger partial charge in [0.05, 0.1) is 26.6 Å². The van der Waals surface area contributed by atoms with Crippen LogP contribution in [0, 0.1) is 0 Å². The van der Waals surface area contributed by atoms with Crippen LogP contribution in [0.4, 0.5) is 11.8 Å². The van der Waals surface area contributed by atoms with E-state index in [-0.39, 0.29) is 23.7 Å². The molecule has 19 nitrogen and oxygen atoms in total. The summed E-state index contributed by atoms with van der Waals surface area (Å²) >= 11 is 0. The summed E-state index contributed by atoms with van der Waals surface area (Å²) in [7, 11) is 3.35. The second kappa shape index (κ2) is 11.2. The molecule has 6 heterocycles. The van der Waals surface area contributed by atoms with Gasteiger partial charge in [-0.15, -0.1) is 0 Å². The lowest BCUT2D eigenvalue weighted by molar-refractivity contribution is -0.745. The predicted octanol–water partition coefficient (Wildman–Crippen LogP) is -4.78. The summed E-state index contributed by atoms with van der Waals surface area (Å²) in [6, 6.07) is 0. The van der Waals surface area contributed by atoms with Crippen LogP contribution in [-0.2, 0) is 16.5 Å². The lowest BCUT2D eigenvalue weighted by atomic mass is 10.1. The van der Waals surface area contributed by atoms with E-state index in [1.165, 1.54) is 32.7 Å². The number of imidazole rings is 2. The van der Waals surface area contributed by atoms with E-state index in [0.29, 0.717) is 17.0 Å². The molecule has 4 aromatic rings. The van der Waals surface area contributed by atoms with Crippen LogP contribution in [0.15, 0.2) is 23.8 Å². The van der Waals surface area contributed by atoms with E-state index in [4.69, 9.17) is 25.4 Å². The third-order valence-electron chi connectivity index (χ3n) is 6.97. The molecule has 0 unspecified atom stereocenters. The van der Waals surface area contributed by atoms with Crippen LogP contribution in [0.2, 0.25) is 0 Å². The molecule has 2 fully saturated rings. The first-order valence-electron chi connectivity index (χ1n) is 12.5. The highest BCUT2D eigenvalue weighted by Gasteiger charge is 2.47. The first-order chi connectivity index (χ1) is 19.6. The van der Waals surface area contributed by atoms with Crippen LogP contribution in [-0.4, -0.2) is 122 Å². The van der Waals surface area contributed by atoms with Crippen LogP contribution in [0.25, 0.3) is 22.3 Å². The number of fused-ring (bicyclic) bond motifs is 2. The maximum atomic E-state index is 11.9. The minimum Gasteiger partial charge on any atom is -0.394 e. The van der Waals surface area contributed by atoms with Crippen LogP contribution in [0.3, 0.4) is 0 Å². The third kappa shape index (κ3) is 4.87. The van der Waals surface area contributed by atoms with Gasteiger partial charge < -0.3 is 51.2 Å². The van der Waals surface area contributed by atoms with Gasteiger partial charge in [0.15, 0.2) is 24.0 Å². The molecule has 2 aliphatic heterocycles. The largest absolute Gasteiger partial charge is 0.394 e. The zero-order chi connectivity index (χ0) is 29.6. The topological polar surface area (TPSA) is 276 Å². The zero-order valence-electron chi connectivity index (χ0n) is 21.9. The average molecular weight is 580 g/mol. The summed E-state index contributed by atoms with van der Waals surface area (Å²) in [4.78, 5) is 30.7. The molecule has 0 saturated carbocycles. The predicted molar refractivity (Wildman–Crippen MR) is 137 cm³/mol. The fourth-order valence-electron chi connectivity index (χ4n) is 4.90. The van der Waals surface area contributed by atoms with Crippen LogP contribution >= 0.6 is 0 Å². The van der Waals surface area contributed by atoms with Crippen molar-refractivity contribution >= 4 is 34.1 Å². The molecule has 4 aromatic heterocycles. The third-order valence-corrected chi connectivity index (χ3v) is 6.97. The molecule has 222 valence electrons. The van der Waals surface area contributed by atoms with Crippen LogP contribution in [0.1, 0.15) is 12.5 Å². The standard InChI is InChI=1S/C11H15N5O5.C11H15N5O4/c1-15-3-16(8-5(15)9(20)14-11(12)13-8)10-7(19)6(18)4(2-17)21-10;1-12-9-6-10(14-3-13-9)16(4-15-6)11-8(19)7(18)5(2-17)20-11/h3-4,6-7,10,17-19H,2H2,1H3,(H2-,12,13,14,20);3-5,7-8,11,17-19H,2H2,1H3,(H,12,13,14)/p+1/t4-,6-,7-,10-;5-,7-,8-,11-/m11/s1. The number of hydrogen-bond acceptors (Lipinski definition) is 15. The molecular formula is C22H31N10O9+. The Hall–Kier alpha value is -3.82. The van der Waals surface area contributed by atoms with E-state index >= 15 is 0 Å². The smallest absolute Gasteiger partial charge is 0.313 e. The number of nitrogens with zero attached hydrogens (tertiary/aromatic N) is 7. The average Bonchev–Trinajstić information content (AvgIpc) is 3.68. The number of aromatic amines is 1. The second-order valence-electron chi connectivity index (χ2n) is 9.51. The number of anilines is 2. The summed E-state index contributed by atoms with van der Waals surface area (Å²) in [5, 5.41) is 60.8. The quantitative estimate of drug-likeness (QED) is 0.100. The first kappa shape index (κ1) is 28.7. The highest BCUT2D eigenvalue weighted by molar-refractivity contribution is 5.82. The molecule has 19 heteroatoms. The molecule has 0 bridgehead atoms. The maximum Gasteiger partial charge on any atom is 0.313 e. The molecular weight excluding hydrogens is 548 g/mol. The Balaban J connectivity index is 0.000000165. The van der Waals surface area contributed by atoms with Gasteiger partial charge in [-0.1, -0.05) is 4.98 Å². The number of aliphatic hydroxyl groups is 6. The van der Waals surface area contributed by atoms with Gasteiger partial charge in [0, 0.05) is 7.05 Å². The molecule has 0 radical (unpaired) electrons. The van der Waals surface area contributed by atoms with Crippen molar-refractivity contribution in [3.8, 4) is 0 Å². The number of aliphatic hydroxyl groups excluding tert-OH is 6. The Labute approximate surface area is 230 Å². The van der Waals surface area contributed by atoms with E-state index in [9.17, 15) is 25.2 Å². The number of nitrogens with two attached hydrogens (primary N) is 1. The van der Waals surface area contributed by atoms with E-state index in [2.05, 4.69) is 30.2 Å². The van der Waals surface area contributed by atoms with Gasteiger partial charge in [-0.3, -0.25) is 18.9 Å². The monoisotopic (exact) mass is 579 g/mol. The number of aromatic nitrogens is 8. The van der Waals surface area contributed by atoms with E-state index in [0.717, 1.165) is 0 Å². The van der Waals surface area contributed by atoms with Gasteiger partial charge in [-0.25, -0.2) is 19.5 Å². The molecule has 8 atom stereocenters. The van der Waals surface area contributed by atoms with Crippen molar-refractivity contribution in [2.75, 3.05) is 31.3 Å². The summed E-state index contributed by atoms with van der Waals surface area (Å²) in [5.74, 6) is 0.486. The molecule has 10 N–H and O–H groups in total. The highest BCUT2D eigenvalue weighted by atomic mass is 16.6. The fraction of sp³-hybridized carbons (Fsp3) is 0.545. The number of aryl methyl sites for hydroxylation is 1. The SMILES string of the molecule is CNc1ncnc2c1ncn2[C@@H]1O[C@H](CO)[C@@H](O)[C@H]1O.Cn1c[n+]([C@@H]2O[C@H](CO)[C@@H](O)[C@H]2O)c2nc(N)[nH]c(=O)c21. The number of hydrogen-bond donors (Lipinski definition) is 9. The molecule has 0 aliphatic carbocycles. The minimum absolute atomic E-state index is 0.0702. The van der Waals surface area contributed by atoms with Gasteiger partial charge in [-0.05, 0) is 0 Å². The van der Waals surface area contributed by atoms with Gasteiger partial charge >= 0.3 is 5.65 Å². The Morgan fingerprint density at radius 3 is 2.37 bits per heavy atom. The first-order valence-corrected chi connectivity index (χ1v) is 12.5. The summed E-state index contributed by atoms with van der Waals surface area (Å²) < 4.78 is 15.3. The number of H-pyrrole nitrogens is 1. The normalized spacial score (nSPS) is 29.7. The van der Waals surface area contributed by atoms with Crippen LogP contribution in [0.5, 0.6) is 0 Å². The van der Waals surface area contributed by atoms with Gasteiger partial charge in [0.1, 0.15) is 48.5 Å². The lowest BCUT2D eigenvalue weighted by Gasteiger charge is -2.16. The molecule has 0 amide bonds. The Morgan fingerprint density at radius 1 is 1.05 bits per heavy atom. The second-order valence-corrected chi connectivity index (χ2v) is 9.51. The highest BCUT2D eigenvalue weighted by Crippen LogP contribution is 2.32. The van der Waals surface area contributed by atoms with Crippen molar-refractivity contribution in [1.82, 2.24) is 34.1 Å². The van der Waals surface area contributed by atoms with Crippen molar-refractivity contribution in [2.24, 2.45) is 7.05 Å². The summed E-state index contributed by atoms with van der Waals surface area (Å²) in [6.07, 6.45) is -4.07. The number of nitrogen functional groups attached to an aromatic ring is 1. The Kier molecular flexibility index (Phi) is 7.85. The van der Waals surface area contributed by atoms with Crippen molar-refractivity contribution in [1.29, 1.82) is 0 Å². The molecule has 2 saturated heterocycles. The Morgan fingerprint density at radius 2 is 1.73 bits per heavy atom. The van der Waals surface area contributed by atoms with Gasteiger partial charge in [0.2, 0.25) is 11.7 Å². The number of ether oxygens (including phenoxy) is 2. The van der Waals surface area contributed by atoms with Crippen molar-refractivity contribution in [2.45, 2.75) is 49.1 Å². The maximum absolute atomic E-state index is 11.9. The number of rotatable bonds is 5. The molecule has 41 heavy (non-hydrogen) atoms. The minimum atomic E-state index is -1.26. The molecule has 0 aromatic carbocycles. The van der Waals surface area contributed by atoms with Crippen molar-refractivity contribution in [3.05, 3.63) is 29.3 Å². The zero-order valence-corrected chi connectivity index (χ0v) is 21.9.